The van der Waals surface area contributed by atoms with Gasteiger partial charge in [-0.05, 0) is 36.4 Å². The van der Waals surface area contributed by atoms with E-state index in [0.717, 1.165) is 0 Å². The lowest BCUT2D eigenvalue weighted by molar-refractivity contribution is -0.130. The molecule has 1 amide bonds. The van der Waals surface area contributed by atoms with Crippen LogP contribution >= 0.6 is 0 Å². The second-order valence-corrected chi connectivity index (χ2v) is 4.77. The minimum atomic E-state index is -0.132. The summed E-state index contributed by atoms with van der Waals surface area (Å²) in [4.78, 5) is 31.7. The zero-order valence-corrected chi connectivity index (χ0v) is 12.4. The van der Waals surface area contributed by atoms with Crippen LogP contribution in [0.25, 0.3) is 6.08 Å². The van der Waals surface area contributed by atoms with E-state index in [-0.39, 0.29) is 18.3 Å². The second kappa shape index (κ2) is 7.21. The van der Waals surface area contributed by atoms with Gasteiger partial charge in [-0.2, -0.15) is 0 Å². The van der Waals surface area contributed by atoms with Crippen LogP contribution in [0.1, 0.15) is 16.2 Å². The average Bonchev–Trinajstić information content (AvgIpc) is 3.04. The number of ketones is 1. The maximum absolute atomic E-state index is 12.0. The van der Waals surface area contributed by atoms with E-state index in [1.165, 1.54) is 11.0 Å². The number of carbonyl (C=O) groups excluding carboxylic acids is 2. The topological polar surface area (TPSA) is 75.3 Å². The van der Waals surface area contributed by atoms with E-state index >= 15 is 0 Å². The van der Waals surface area contributed by atoms with Crippen molar-refractivity contribution in [3.05, 3.63) is 54.1 Å². The van der Waals surface area contributed by atoms with E-state index in [0.29, 0.717) is 17.1 Å². The fourth-order valence-electron chi connectivity index (χ4n) is 1.61. The molecule has 6 heteroatoms. The van der Waals surface area contributed by atoms with Crippen molar-refractivity contribution in [3.63, 3.8) is 0 Å². The first kappa shape index (κ1) is 15.5. The summed E-state index contributed by atoms with van der Waals surface area (Å²) in [6.07, 6.45) is 6.36. The Morgan fingerprint density at radius 3 is 2.59 bits per heavy atom. The van der Waals surface area contributed by atoms with Crippen LogP contribution in [0.2, 0.25) is 0 Å². The SMILES string of the molecule is CN(C)C(=O)COc1ccc(C(=O)C=Cc2ncc[nH]2)cc1. The fraction of sp³-hybridized carbons (Fsp3) is 0.188. The number of benzene rings is 1. The van der Waals surface area contributed by atoms with Crippen LogP contribution in [-0.2, 0) is 4.79 Å². The molecule has 0 bridgehead atoms. The van der Waals surface area contributed by atoms with E-state index in [1.54, 1.807) is 56.8 Å². The Hall–Kier alpha value is -2.89. The van der Waals surface area contributed by atoms with Crippen LogP contribution in [0.4, 0.5) is 0 Å². The van der Waals surface area contributed by atoms with Crippen LogP contribution in [0.5, 0.6) is 5.75 Å². The summed E-state index contributed by atoms with van der Waals surface area (Å²) in [7, 11) is 3.33. The maximum Gasteiger partial charge on any atom is 0.259 e. The Labute approximate surface area is 128 Å². The number of nitrogens with zero attached hydrogens (tertiary/aromatic N) is 2. The monoisotopic (exact) mass is 299 g/mol. The molecule has 22 heavy (non-hydrogen) atoms. The molecule has 0 saturated carbocycles. The van der Waals surface area contributed by atoms with E-state index in [4.69, 9.17) is 4.74 Å². The van der Waals surface area contributed by atoms with Gasteiger partial charge in [-0.25, -0.2) is 4.98 Å². The van der Waals surface area contributed by atoms with Crippen molar-refractivity contribution in [2.75, 3.05) is 20.7 Å². The number of H-pyrrole nitrogens is 1. The van der Waals surface area contributed by atoms with E-state index in [1.807, 2.05) is 0 Å². The molecule has 1 heterocycles. The number of aromatic nitrogens is 2. The van der Waals surface area contributed by atoms with E-state index < -0.39 is 0 Å². The third-order valence-electron chi connectivity index (χ3n) is 2.91. The summed E-state index contributed by atoms with van der Waals surface area (Å²) in [6.45, 7) is -0.0291. The van der Waals surface area contributed by atoms with Crippen molar-refractivity contribution in [3.8, 4) is 5.75 Å². The lowest BCUT2D eigenvalue weighted by Crippen LogP contribution is -2.27. The van der Waals surface area contributed by atoms with Gasteiger partial charge >= 0.3 is 0 Å². The van der Waals surface area contributed by atoms with Gasteiger partial charge in [0.05, 0.1) is 0 Å². The molecule has 0 aliphatic heterocycles. The number of hydrogen-bond acceptors (Lipinski definition) is 4. The first-order valence-corrected chi connectivity index (χ1v) is 6.71. The molecule has 0 fully saturated rings. The standard InChI is InChI=1S/C16H17N3O3/c1-19(2)16(21)11-22-13-5-3-12(4-6-13)14(20)7-8-15-17-9-10-18-15/h3-10H,11H2,1-2H3,(H,17,18). The summed E-state index contributed by atoms with van der Waals surface area (Å²) in [5.41, 5.74) is 0.536. The van der Waals surface area contributed by atoms with Crippen molar-refractivity contribution < 1.29 is 14.3 Å². The number of aromatic amines is 1. The number of carbonyl (C=O) groups is 2. The Kier molecular flexibility index (Phi) is 5.08. The minimum Gasteiger partial charge on any atom is -0.484 e. The molecule has 0 spiro atoms. The third-order valence-corrected chi connectivity index (χ3v) is 2.91. The minimum absolute atomic E-state index is 0.0291. The van der Waals surface area contributed by atoms with Crippen molar-refractivity contribution in [1.82, 2.24) is 14.9 Å². The molecule has 1 aromatic carbocycles. The van der Waals surface area contributed by atoms with Crippen LogP contribution in [0.3, 0.4) is 0 Å². The van der Waals surface area contributed by atoms with Crippen molar-refractivity contribution >= 4 is 17.8 Å². The Morgan fingerprint density at radius 2 is 2.00 bits per heavy atom. The van der Waals surface area contributed by atoms with Crippen LogP contribution in [0.15, 0.2) is 42.7 Å². The quantitative estimate of drug-likeness (QED) is 0.651. The predicted molar refractivity (Wildman–Crippen MR) is 82.6 cm³/mol. The van der Waals surface area contributed by atoms with Crippen LogP contribution in [0, 0.1) is 0 Å². The highest BCUT2D eigenvalue weighted by Gasteiger charge is 2.06. The molecule has 1 aromatic heterocycles. The summed E-state index contributed by atoms with van der Waals surface area (Å²) >= 11 is 0. The van der Waals surface area contributed by atoms with Gasteiger partial charge in [0.1, 0.15) is 11.6 Å². The summed E-state index contributed by atoms with van der Waals surface area (Å²) in [5.74, 6) is 0.908. The number of allylic oxidation sites excluding steroid dienone is 1. The molecule has 0 aliphatic rings. The molecule has 2 rings (SSSR count). The highest BCUT2D eigenvalue weighted by Crippen LogP contribution is 2.13. The van der Waals surface area contributed by atoms with Crippen molar-refractivity contribution in [2.24, 2.45) is 0 Å². The molecule has 0 saturated heterocycles. The predicted octanol–water partition coefficient (Wildman–Crippen LogP) is 1.77. The number of rotatable bonds is 6. The van der Waals surface area contributed by atoms with Gasteiger partial charge < -0.3 is 14.6 Å². The van der Waals surface area contributed by atoms with Gasteiger partial charge in [0, 0.05) is 32.1 Å². The summed E-state index contributed by atoms with van der Waals surface area (Å²) in [5, 5.41) is 0. The largest absolute Gasteiger partial charge is 0.484 e. The molecular weight excluding hydrogens is 282 g/mol. The first-order chi connectivity index (χ1) is 10.6. The van der Waals surface area contributed by atoms with Crippen molar-refractivity contribution in [1.29, 1.82) is 0 Å². The van der Waals surface area contributed by atoms with Crippen molar-refractivity contribution in [2.45, 2.75) is 0 Å². The zero-order chi connectivity index (χ0) is 15.9. The number of likely N-dealkylation sites (N-methyl/N-ethyl adjacent to an activating group) is 1. The number of ether oxygens (including phenoxy) is 1. The molecule has 0 atom stereocenters. The number of nitrogens with one attached hydrogen (secondary N) is 1. The number of hydrogen-bond donors (Lipinski definition) is 1. The zero-order valence-electron chi connectivity index (χ0n) is 12.4. The summed E-state index contributed by atoms with van der Waals surface area (Å²) in [6, 6.07) is 6.64. The molecule has 0 unspecified atom stereocenters. The molecule has 1 N–H and O–H groups in total. The van der Waals surface area contributed by atoms with Gasteiger partial charge in [0.15, 0.2) is 12.4 Å². The highest BCUT2D eigenvalue weighted by molar-refractivity contribution is 6.06. The maximum atomic E-state index is 12.0. The Balaban J connectivity index is 1.93. The van der Waals surface area contributed by atoms with Crippen LogP contribution in [-0.4, -0.2) is 47.3 Å². The number of imidazole rings is 1. The van der Waals surface area contributed by atoms with E-state index in [9.17, 15) is 9.59 Å². The summed E-state index contributed by atoms with van der Waals surface area (Å²) < 4.78 is 5.35. The van der Waals surface area contributed by atoms with Gasteiger partial charge in [-0.3, -0.25) is 9.59 Å². The fourth-order valence-corrected chi connectivity index (χ4v) is 1.61. The smallest absolute Gasteiger partial charge is 0.259 e. The first-order valence-electron chi connectivity index (χ1n) is 6.71. The average molecular weight is 299 g/mol. The second-order valence-electron chi connectivity index (χ2n) is 4.77. The molecule has 6 nitrogen and oxygen atoms in total. The molecule has 0 aliphatic carbocycles. The molecule has 2 aromatic rings. The van der Waals surface area contributed by atoms with Gasteiger partial charge in [-0.15, -0.1) is 0 Å². The van der Waals surface area contributed by atoms with Gasteiger partial charge in [-0.1, -0.05) is 0 Å². The highest BCUT2D eigenvalue weighted by atomic mass is 16.5. The third kappa shape index (κ3) is 4.31. The van der Waals surface area contributed by atoms with Gasteiger partial charge in [0.25, 0.3) is 5.91 Å². The molecule has 114 valence electrons. The van der Waals surface area contributed by atoms with Gasteiger partial charge in [0.2, 0.25) is 0 Å². The number of amides is 1. The van der Waals surface area contributed by atoms with Crippen LogP contribution < -0.4 is 4.74 Å². The Bertz CT molecular complexity index is 658. The lowest BCUT2D eigenvalue weighted by Gasteiger charge is -2.11. The molecular formula is C16H17N3O3. The molecule has 0 radical (unpaired) electrons. The lowest BCUT2D eigenvalue weighted by atomic mass is 10.1. The van der Waals surface area contributed by atoms with E-state index in [2.05, 4.69) is 9.97 Å². The normalized spacial score (nSPS) is 10.6. The Morgan fingerprint density at radius 1 is 1.27 bits per heavy atom.